The van der Waals surface area contributed by atoms with Gasteiger partial charge in [-0.05, 0) is 37.3 Å². The number of aromatic nitrogens is 3. The molecule has 0 spiro atoms. The average molecular weight is 327 g/mol. The Morgan fingerprint density at radius 2 is 2.17 bits per heavy atom. The molecule has 1 aromatic carbocycles. The number of carbonyl (C=O) groups excluding carboxylic acids is 1. The van der Waals surface area contributed by atoms with Crippen molar-refractivity contribution in [1.82, 2.24) is 25.0 Å². The zero-order valence-electron chi connectivity index (χ0n) is 14.0. The maximum absolute atomic E-state index is 12.1. The van der Waals surface area contributed by atoms with Gasteiger partial charge in [0.2, 0.25) is 5.91 Å². The molecule has 1 N–H and O–H groups in total. The van der Waals surface area contributed by atoms with E-state index in [1.54, 1.807) is 12.7 Å². The number of nitrogens with one attached hydrogen (secondary N) is 1. The van der Waals surface area contributed by atoms with Crippen molar-refractivity contribution in [3.8, 4) is 0 Å². The highest BCUT2D eigenvalue weighted by atomic mass is 16.2. The molecule has 1 fully saturated rings. The second kappa shape index (κ2) is 8.59. The van der Waals surface area contributed by atoms with Gasteiger partial charge in [0.25, 0.3) is 0 Å². The number of hydrogen-bond donors (Lipinski definition) is 1. The SMILES string of the molecule is O=C(CN1CCC[C@@H](Cn2cncn2)C1)NCCc1ccccc1. The number of carbonyl (C=O) groups is 1. The van der Waals surface area contributed by atoms with Crippen molar-refractivity contribution in [2.24, 2.45) is 5.92 Å². The first kappa shape index (κ1) is 16.6. The highest BCUT2D eigenvalue weighted by Crippen LogP contribution is 2.17. The lowest BCUT2D eigenvalue weighted by Crippen LogP contribution is -2.43. The van der Waals surface area contributed by atoms with E-state index in [9.17, 15) is 4.79 Å². The Labute approximate surface area is 142 Å². The van der Waals surface area contributed by atoms with Crippen molar-refractivity contribution in [2.75, 3.05) is 26.2 Å². The highest BCUT2D eigenvalue weighted by Gasteiger charge is 2.22. The third kappa shape index (κ3) is 5.16. The Hall–Kier alpha value is -2.21. The van der Waals surface area contributed by atoms with Gasteiger partial charge in [0.1, 0.15) is 12.7 Å². The van der Waals surface area contributed by atoms with Crippen LogP contribution in [0.3, 0.4) is 0 Å². The van der Waals surface area contributed by atoms with Gasteiger partial charge >= 0.3 is 0 Å². The van der Waals surface area contributed by atoms with E-state index in [0.29, 0.717) is 19.0 Å². The van der Waals surface area contributed by atoms with Crippen molar-refractivity contribution in [3.63, 3.8) is 0 Å². The molecular formula is C18H25N5O. The predicted octanol–water partition coefficient (Wildman–Crippen LogP) is 1.35. The normalized spacial score (nSPS) is 18.4. The van der Waals surface area contributed by atoms with Crippen LogP contribution < -0.4 is 5.32 Å². The lowest BCUT2D eigenvalue weighted by Gasteiger charge is -2.32. The highest BCUT2D eigenvalue weighted by molar-refractivity contribution is 5.78. The minimum Gasteiger partial charge on any atom is -0.355 e. The number of rotatable bonds is 7. The van der Waals surface area contributed by atoms with E-state index in [4.69, 9.17) is 0 Å². The number of likely N-dealkylation sites (tertiary alicyclic amines) is 1. The molecule has 24 heavy (non-hydrogen) atoms. The van der Waals surface area contributed by atoms with Crippen molar-refractivity contribution in [1.29, 1.82) is 0 Å². The molecule has 1 aliphatic rings. The monoisotopic (exact) mass is 327 g/mol. The van der Waals surface area contributed by atoms with E-state index < -0.39 is 0 Å². The first-order chi connectivity index (χ1) is 11.8. The minimum absolute atomic E-state index is 0.118. The second-order valence-corrected chi connectivity index (χ2v) is 6.45. The molecular weight excluding hydrogens is 302 g/mol. The Morgan fingerprint density at radius 3 is 2.96 bits per heavy atom. The zero-order chi connectivity index (χ0) is 16.6. The molecule has 0 aliphatic carbocycles. The summed E-state index contributed by atoms with van der Waals surface area (Å²) >= 11 is 0. The van der Waals surface area contributed by atoms with E-state index in [0.717, 1.165) is 32.5 Å². The van der Waals surface area contributed by atoms with Crippen LogP contribution in [0, 0.1) is 5.92 Å². The first-order valence-corrected chi connectivity index (χ1v) is 8.65. The molecule has 1 aliphatic heterocycles. The standard InChI is InChI=1S/C18H25N5O/c24-18(20-9-8-16-5-2-1-3-6-16)13-22-10-4-7-17(11-22)12-23-15-19-14-21-23/h1-3,5-6,14-15,17H,4,7-13H2,(H,20,24)/t17-/m1/s1. The van der Waals surface area contributed by atoms with Crippen LogP contribution in [0.2, 0.25) is 0 Å². The molecule has 6 nitrogen and oxygen atoms in total. The molecule has 0 bridgehead atoms. The quantitative estimate of drug-likeness (QED) is 0.834. The van der Waals surface area contributed by atoms with E-state index in [2.05, 4.69) is 32.4 Å². The smallest absolute Gasteiger partial charge is 0.234 e. The lowest BCUT2D eigenvalue weighted by molar-refractivity contribution is -0.122. The largest absolute Gasteiger partial charge is 0.355 e. The van der Waals surface area contributed by atoms with Gasteiger partial charge < -0.3 is 5.32 Å². The maximum Gasteiger partial charge on any atom is 0.234 e. The summed E-state index contributed by atoms with van der Waals surface area (Å²) in [7, 11) is 0. The summed E-state index contributed by atoms with van der Waals surface area (Å²) < 4.78 is 1.88. The van der Waals surface area contributed by atoms with Gasteiger partial charge in [-0.1, -0.05) is 30.3 Å². The molecule has 1 atom stereocenters. The van der Waals surface area contributed by atoms with Crippen LogP contribution in [0.1, 0.15) is 18.4 Å². The molecule has 3 rings (SSSR count). The average Bonchev–Trinajstić information content (AvgIpc) is 3.09. The molecule has 2 aromatic rings. The van der Waals surface area contributed by atoms with Crippen LogP contribution in [0.4, 0.5) is 0 Å². The molecule has 0 unspecified atom stereocenters. The second-order valence-electron chi connectivity index (χ2n) is 6.45. The Morgan fingerprint density at radius 1 is 1.29 bits per heavy atom. The topological polar surface area (TPSA) is 63.1 Å². The molecule has 1 amide bonds. The summed E-state index contributed by atoms with van der Waals surface area (Å²) in [6.07, 6.45) is 6.53. The number of hydrogen-bond acceptors (Lipinski definition) is 4. The summed E-state index contributed by atoms with van der Waals surface area (Å²) in [6, 6.07) is 10.2. The summed E-state index contributed by atoms with van der Waals surface area (Å²) in [4.78, 5) is 18.4. The van der Waals surface area contributed by atoms with Gasteiger partial charge in [-0.25, -0.2) is 4.98 Å². The summed E-state index contributed by atoms with van der Waals surface area (Å²) in [5, 5.41) is 7.20. The number of benzene rings is 1. The van der Waals surface area contributed by atoms with E-state index in [1.807, 2.05) is 22.9 Å². The van der Waals surface area contributed by atoms with Gasteiger partial charge in [0.05, 0.1) is 6.54 Å². The third-order valence-corrected chi connectivity index (χ3v) is 4.46. The Balaban J connectivity index is 1.37. The van der Waals surface area contributed by atoms with Crippen molar-refractivity contribution in [2.45, 2.75) is 25.8 Å². The van der Waals surface area contributed by atoms with Crippen LogP contribution in [0.25, 0.3) is 0 Å². The van der Waals surface area contributed by atoms with E-state index in [-0.39, 0.29) is 5.91 Å². The minimum atomic E-state index is 0.118. The molecule has 6 heteroatoms. The fourth-order valence-electron chi connectivity index (χ4n) is 3.29. The van der Waals surface area contributed by atoms with Gasteiger partial charge in [-0.3, -0.25) is 14.4 Å². The number of piperidine rings is 1. The number of nitrogens with zero attached hydrogens (tertiary/aromatic N) is 4. The third-order valence-electron chi connectivity index (χ3n) is 4.46. The van der Waals surface area contributed by atoms with Crippen molar-refractivity contribution < 1.29 is 4.79 Å². The summed E-state index contributed by atoms with van der Waals surface area (Å²) in [5.74, 6) is 0.657. The maximum atomic E-state index is 12.1. The van der Waals surface area contributed by atoms with Gasteiger partial charge in [0.15, 0.2) is 0 Å². The molecule has 128 valence electrons. The van der Waals surface area contributed by atoms with Crippen molar-refractivity contribution >= 4 is 5.91 Å². The van der Waals surface area contributed by atoms with Crippen LogP contribution in [-0.2, 0) is 17.8 Å². The number of amides is 1. The summed E-state index contributed by atoms with van der Waals surface area (Å²) in [6.45, 7) is 4.01. The molecule has 1 aromatic heterocycles. The van der Waals surface area contributed by atoms with Gasteiger partial charge in [0, 0.05) is 19.6 Å². The fraction of sp³-hybridized carbons (Fsp3) is 0.500. The Kier molecular flexibility index (Phi) is 5.96. The van der Waals surface area contributed by atoms with Crippen LogP contribution in [0.5, 0.6) is 0 Å². The van der Waals surface area contributed by atoms with Gasteiger partial charge in [-0.2, -0.15) is 5.10 Å². The van der Waals surface area contributed by atoms with Crippen LogP contribution >= 0.6 is 0 Å². The fourth-order valence-corrected chi connectivity index (χ4v) is 3.29. The molecule has 1 saturated heterocycles. The molecule has 0 radical (unpaired) electrons. The summed E-state index contributed by atoms with van der Waals surface area (Å²) in [5.41, 5.74) is 1.25. The zero-order valence-corrected chi connectivity index (χ0v) is 14.0. The lowest BCUT2D eigenvalue weighted by atomic mass is 9.98. The van der Waals surface area contributed by atoms with Gasteiger partial charge in [-0.15, -0.1) is 0 Å². The Bertz CT molecular complexity index is 614. The first-order valence-electron chi connectivity index (χ1n) is 8.65. The molecule has 2 heterocycles. The van der Waals surface area contributed by atoms with E-state index >= 15 is 0 Å². The van der Waals surface area contributed by atoms with E-state index in [1.165, 1.54) is 12.0 Å². The molecule has 0 saturated carbocycles. The van der Waals surface area contributed by atoms with Crippen LogP contribution in [0.15, 0.2) is 43.0 Å². The predicted molar refractivity (Wildman–Crippen MR) is 92.3 cm³/mol. The van der Waals surface area contributed by atoms with Crippen molar-refractivity contribution in [3.05, 3.63) is 48.5 Å². The van der Waals surface area contributed by atoms with Crippen LogP contribution in [-0.4, -0.2) is 51.8 Å².